The molecule has 3 atom stereocenters. The number of benzene rings is 2. The fourth-order valence-corrected chi connectivity index (χ4v) is 4.47. The van der Waals surface area contributed by atoms with Crippen molar-refractivity contribution in [2.75, 3.05) is 5.32 Å². The lowest BCUT2D eigenvalue weighted by molar-refractivity contribution is -0.384. The number of non-ortho nitro benzene ring substituents is 1. The summed E-state index contributed by atoms with van der Waals surface area (Å²) in [5.41, 5.74) is 3.42. The molecular weight excluding hydrogens is 368 g/mol. The average molecular weight is 385 g/mol. The summed E-state index contributed by atoms with van der Waals surface area (Å²) in [6.45, 7) is 1.92. The molecule has 0 saturated heterocycles. The van der Waals surface area contributed by atoms with Crippen molar-refractivity contribution < 1.29 is 14.8 Å². The number of carboxylic acids is 1. The Morgan fingerprint density at radius 3 is 2.81 bits per heavy atom. The van der Waals surface area contributed by atoms with Crippen molar-refractivity contribution in [3.63, 3.8) is 0 Å². The lowest BCUT2D eigenvalue weighted by Crippen LogP contribution is -2.31. The number of aryl methyl sites for hydroxylation is 1. The third-order valence-electron chi connectivity index (χ3n) is 5.48. The predicted octanol–water partition coefficient (Wildman–Crippen LogP) is 5.08. The van der Waals surface area contributed by atoms with Crippen molar-refractivity contribution >= 4 is 28.9 Å². The van der Waals surface area contributed by atoms with Gasteiger partial charge in [-0.2, -0.15) is 0 Å². The monoisotopic (exact) mass is 384 g/mol. The number of rotatable bonds is 3. The van der Waals surface area contributed by atoms with Crippen LogP contribution in [-0.2, 0) is 0 Å². The molecule has 1 aliphatic carbocycles. The highest BCUT2D eigenvalue weighted by Gasteiger charge is 2.41. The molecule has 2 N–H and O–H groups in total. The van der Waals surface area contributed by atoms with Crippen LogP contribution in [0.5, 0.6) is 0 Å². The van der Waals surface area contributed by atoms with E-state index < -0.39 is 10.9 Å². The Kier molecular flexibility index (Phi) is 4.15. The van der Waals surface area contributed by atoms with Gasteiger partial charge in [0.1, 0.15) is 0 Å². The lowest BCUT2D eigenvalue weighted by Gasteiger charge is -2.39. The average Bonchev–Trinajstić information content (AvgIpc) is 3.11. The number of hydrogen-bond acceptors (Lipinski definition) is 4. The molecule has 6 nitrogen and oxygen atoms in total. The molecule has 0 saturated carbocycles. The van der Waals surface area contributed by atoms with E-state index in [1.54, 1.807) is 18.2 Å². The van der Waals surface area contributed by atoms with Gasteiger partial charge in [-0.05, 0) is 42.5 Å². The second-order valence-electron chi connectivity index (χ2n) is 6.96. The van der Waals surface area contributed by atoms with E-state index >= 15 is 0 Å². The number of carbonyl (C=O) groups is 1. The van der Waals surface area contributed by atoms with E-state index in [4.69, 9.17) is 11.6 Å². The number of aromatic carboxylic acids is 1. The number of nitrogens with zero attached hydrogens (tertiary/aromatic N) is 1. The number of fused-ring (bicyclic) bond motifs is 3. The first-order valence-corrected chi connectivity index (χ1v) is 9.00. The van der Waals surface area contributed by atoms with Crippen LogP contribution in [0.2, 0.25) is 5.02 Å². The third-order valence-corrected chi connectivity index (χ3v) is 5.83. The fraction of sp³-hybridized carbons (Fsp3) is 0.250. The molecule has 2 aliphatic rings. The van der Waals surface area contributed by atoms with Crippen molar-refractivity contribution in [1.29, 1.82) is 0 Å². The summed E-state index contributed by atoms with van der Waals surface area (Å²) in [6.07, 6.45) is 4.82. The van der Waals surface area contributed by atoms with Gasteiger partial charge in [0.15, 0.2) is 0 Å². The standard InChI is InChI=1S/C20H17ClN2O4/c1-10-5-7-14(20(24)25)17-12-3-2-4-13(12)19(22-18(10)17)15-9-11(23(26)27)6-8-16(15)21/h2-3,5-9,12-13,19,22H,4H2,1H3,(H,24,25)/t12-,13+,19-/m0/s1. The largest absolute Gasteiger partial charge is 0.478 e. The van der Waals surface area contributed by atoms with Crippen molar-refractivity contribution in [2.45, 2.75) is 25.3 Å². The van der Waals surface area contributed by atoms with Crippen molar-refractivity contribution in [3.05, 3.63) is 79.9 Å². The summed E-state index contributed by atoms with van der Waals surface area (Å²) < 4.78 is 0. The predicted molar refractivity (Wildman–Crippen MR) is 103 cm³/mol. The Labute approximate surface area is 160 Å². The van der Waals surface area contributed by atoms with Gasteiger partial charge >= 0.3 is 5.97 Å². The van der Waals surface area contributed by atoms with E-state index in [-0.39, 0.29) is 29.1 Å². The quantitative estimate of drug-likeness (QED) is 0.437. The number of nitrogens with one attached hydrogen (secondary N) is 1. The third kappa shape index (κ3) is 2.77. The number of hydrogen-bond donors (Lipinski definition) is 2. The molecule has 0 amide bonds. The highest BCUT2D eigenvalue weighted by Crippen LogP contribution is 2.52. The van der Waals surface area contributed by atoms with Gasteiger partial charge in [0.05, 0.1) is 16.5 Å². The maximum absolute atomic E-state index is 11.8. The second kappa shape index (κ2) is 6.39. The Hall–Kier alpha value is -2.86. The minimum Gasteiger partial charge on any atom is -0.478 e. The molecule has 138 valence electrons. The van der Waals surface area contributed by atoms with Crippen molar-refractivity contribution in [3.8, 4) is 0 Å². The molecular formula is C20H17ClN2O4. The Morgan fingerprint density at radius 2 is 2.11 bits per heavy atom. The Bertz CT molecular complexity index is 1000. The van der Waals surface area contributed by atoms with Crippen LogP contribution in [0.1, 0.15) is 45.4 Å². The minimum absolute atomic E-state index is 0.0134. The molecule has 1 heterocycles. The number of halogens is 1. The van der Waals surface area contributed by atoms with E-state index in [0.29, 0.717) is 10.6 Å². The Morgan fingerprint density at radius 1 is 1.33 bits per heavy atom. The van der Waals surface area contributed by atoms with E-state index in [9.17, 15) is 20.0 Å². The van der Waals surface area contributed by atoms with Gasteiger partial charge in [0.2, 0.25) is 0 Å². The van der Waals surface area contributed by atoms with Crippen LogP contribution < -0.4 is 5.32 Å². The van der Waals surface area contributed by atoms with Gasteiger partial charge in [-0.25, -0.2) is 4.79 Å². The van der Waals surface area contributed by atoms with E-state index in [1.165, 1.54) is 12.1 Å². The SMILES string of the molecule is Cc1ccc(C(=O)O)c2c1N[C@H](c1cc([N+](=O)[O-])ccc1Cl)[C@@H]1CC=C[C@H]21. The number of anilines is 1. The number of nitro groups is 1. The summed E-state index contributed by atoms with van der Waals surface area (Å²) in [5, 5.41) is 24.7. The van der Waals surface area contributed by atoms with Gasteiger partial charge in [-0.15, -0.1) is 0 Å². The molecule has 0 unspecified atom stereocenters. The zero-order valence-corrected chi connectivity index (χ0v) is 15.2. The number of nitro benzene ring substituents is 1. The highest BCUT2D eigenvalue weighted by molar-refractivity contribution is 6.31. The maximum Gasteiger partial charge on any atom is 0.336 e. The first-order chi connectivity index (χ1) is 12.9. The molecule has 2 aromatic rings. The van der Waals surface area contributed by atoms with Gasteiger partial charge in [-0.1, -0.05) is 29.8 Å². The molecule has 0 fully saturated rings. The normalized spacial score (nSPS) is 22.7. The van der Waals surface area contributed by atoms with Crippen LogP contribution in [0.15, 0.2) is 42.5 Å². The van der Waals surface area contributed by atoms with Crippen LogP contribution in [0, 0.1) is 23.0 Å². The van der Waals surface area contributed by atoms with Crippen molar-refractivity contribution in [2.24, 2.45) is 5.92 Å². The lowest BCUT2D eigenvalue weighted by atomic mass is 9.74. The van der Waals surface area contributed by atoms with Gasteiger partial charge in [-0.3, -0.25) is 10.1 Å². The molecule has 7 heteroatoms. The zero-order chi connectivity index (χ0) is 19.3. The minimum atomic E-state index is -0.959. The van der Waals surface area contributed by atoms with Gasteiger partial charge in [0, 0.05) is 34.3 Å². The number of carboxylic acid groups (broad SMARTS) is 1. The molecule has 0 spiro atoms. The Balaban J connectivity index is 1.89. The summed E-state index contributed by atoms with van der Waals surface area (Å²) in [5.74, 6) is -0.997. The van der Waals surface area contributed by atoms with Crippen LogP contribution in [-0.4, -0.2) is 16.0 Å². The van der Waals surface area contributed by atoms with E-state index in [1.807, 2.05) is 19.1 Å². The number of allylic oxidation sites excluding steroid dienone is 2. The summed E-state index contributed by atoms with van der Waals surface area (Å²) >= 11 is 6.40. The van der Waals surface area contributed by atoms with E-state index in [2.05, 4.69) is 5.32 Å². The van der Waals surface area contributed by atoms with Crippen LogP contribution >= 0.6 is 11.6 Å². The van der Waals surface area contributed by atoms with Crippen LogP contribution in [0.4, 0.5) is 11.4 Å². The van der Waals surface area contributed by atoms with Crippen LogP contribution in [0.3, 0.4) is 0 Å². The molecule has 0 radical (unpaired) electrons. The highest BCUT2D eigenvalue weighted by atomic mass is 35.5. The smallest absolute Gasteiger partial charge is 0.336 e. The summed E-state index contributed by atoms with van der Waals surface area (Å²) in [4.78, 5) is 22.5. The van der Waals surface area contributed by atoms with Gasteiger partial charge in [0.25, 0.3) is 5.69 Å². The van der Waals surface area contributed by atoms with Crippen LogP contribution in [0.25, 0.3) is 0 Å². The zero-order valence-electron chi connectivity index (χ0n) is 14.5. The van der Waals surface area contributed by atoms with Crippen molar-refractivity contribution in [1.82, 2.24) is 0 Å². The summed E-state index contributed by atoms with van der Waals surface area (Å²) in [6, 6.07) is 7.62. The topological polar surface area (TPSA) is 92.5 Å². The molecule has 0 bridgehead atoms. The maximum atomic E-state index is 11.8. The summed E-state index contributed by atoms with van der Waals surface area (Å²) in [7, 11) is 0. The molecule has 1 aliphatic heterocycles. The molecule has 27 heavy (non-hydrogen) atoms. The van der Waals surface area contributed by atoms with E-state index in [0.717, 1.165) is 23.2 Å². The second-order valence-corrected chi connectivity index (χ2v) is 7.37. The molecule has 4 rings (SSSR count). The van der Waals surface area contributed by atoms with Gasteiger partial charge < -0.3 is 10.4 Å². The fourth-order valence-electron chi connectivity index (χ4n) is 4.23. The molecule has 2 aromatic carbocycles. The molecule has 0 aromatic heterocycles. The first-order valence-electron chi connectivity index (χ1n) is 8.62. The first kappa shape index (κ1) is 17.5.